The molecule has 2 aromatic carbocycles. The van der Waals surface area contributed by atoms with Crippen molar-refractivity contribution in [2.24, 2.45) is 0 Å². The van der Waals surface area contributed by atoms with Gasteiger partial charge in [0.1, 0.15) is 17.9 Å². The summed E-state index contributed by atoms with van der Waals surface area (Å²) in [6.07, 6.45) is 0.344. The Balaban J connectivity index is 1.61. The van der Waals surface area contributed by atoms with Crippen molar-refractivity contribution in [3.8, 4) is 5.75 Å². The molecule has 0 spiro atoms. The number of carbonyl (C=O) groups excluding carboxylic acids is 1. The second kappa shape index (κ2) is 6.17. The van der Waals surface area contributed by atoms with Crippen molar-refractivity contribution >= 4 is 11.6 Å². The minimum atomic E-state index is -0.403. The molecule has 1 fully saturated rings. The van der Waals surface area contributed by atoms with E-state index in [4.69, 9.17) is 4.84 Å². The maximum atomic E-state index is 12.2. The molecule has 2 atom stereocenters. The fraction of sp³-hybridized carbons (Fsp3) is 0.235. The van der Waals surface area contributed by atoms with E-state index in [-0.39, 0.29) is 17.8 Å². The van der Waals surface area contributed by atoms with Crippen LogP contribution in [0.3, 0.4) is 0 Å². The van der Waals surface area contributed by atoms with Crippen LogP contribution in [0.1, 0.15) is 23.7 Å². The summed E-state index contributed by atoms with van der Waals surface area (Å²) < 4.78 is 0. The van der Waals surface area contributed by atoms with Gasteiger partial charge in [0.15, 0.2) is 0 Å². The van der Waals surface area contributed by atoms with Crippen LogP contribution >= 0.6 is 0 Å². The van der Waals surface area contributed by atoms with E-state index in [1.54, 1.807) is 24.3 Å². The van der Waals surface area contributed by atoms with E-state index < -0.39 is 6.04 Å². The van der Waals surface area contributed by atoms with E-state index in [1.165, 1.54) is 0 Å². The Bertz CT molecular complexity index is 653. The quantitative estimate of drug-likeness (QED) is 0.815. The Morgan fingerprint density at radius 3 is 2.55 bits per heavy atom. The van der Waals surface area contributed by atoms with E-state index in [0.717, 1.165) is 16.8 Å². The third-order valence-corrected chi connectivity index (χ3v) is 3.70. The number of nitrogens with one attached hydrogen (secondary N) is 2. The molecule has 114 valence electrons. The minimum Gasteiger partial charge on any atom is -0.508 e. The van der Waals surface area contributed by atoms with Gasteiger partial charge in [-0.3, -0.25) is 9.63 Å². The van der Waals surface area contributed by atoms with Gasteiger partial charge in [-0.05, 0) is 36.8 Å². The molecule has 1 aliphatic rings. The number of rotatable bonds is 3. The molecular formula is C17H18N2O3. The second-order valence-corrected chi connectivity index (χ2v) is 5.46. The number of hydrogen-bond acceptors (Lipinski definition) is 4. The largest absolute Gasteiger partial charge is 0.508 e. The molecule has 3 N–H and O–H groups in total. The molecule has 1 amide bonds. The highest BCUT2D eigenvalue weighted by atomic mass is 16.7. The Morgan fingerprint density at radius 2 is 1.86 bits per heavy atom. The molecule has 0 saturated carbocycles. The third kappa shape index (κ3) is 3.27. The number of phenols is 1. The van der Waals surface area contributed by atoms with Gasteiger partial charge in [-0.15, -0.1) is 0 Å². The highest BCUT2D eigenvalue weighted by Crippen LogP contribution is 2.28. The summed E-state index contributed by atoms with van der Waals surface area (Å²) in [4.78, 5) is 17.7. The topological polar surface area (TPSA) is 70.6 Å². The van der Waals surface area contributed by atoms with Gasteiger partial charge < -0.3 is 10.4 Å². The molecular weight excluding hydrogens is 280 g/mol. The average Bonchev–Trinajstić information content (AvgIpc) is 3.00. The molecule has 0 bridgehead atoms. The number of anilines is 1. The van der Waals surface area contributed by atoms with E-state index in [1.807, 2.05) is 31.2 Å². The molecule has 3 rings (SSSR count). The molecule has 2 unspecified atom stereocenters. The van der Waals surface area contributed by atoms with Crippen LogP contribution in [0.2, 0.25) is 0 Å². The summed E-state index contributed by atoms with van der Waals surface area (Å²) in [5.41, 5.74) is 5.62. The van der Waals surface area contributed by atoms with Gasteiger partial charge in [0.05, 0.1) is 0 Å². The van der Waals surface area contributed by atoms with Crippen molar-refractivity contribution in [1.82, 2.24) is 5.48 Å². The lowest BCUT2D eigenvalue weighted by Gasteiger charge is -2.10. The zero-order valence-corrected chi connectivity index (χ0v) is 12.2. The van der Waals surface area contributed by atoms with Crippen molar-refractivity contribution in [3.63, 3.8) is 0 Å². The monoisotopic (exact) mass is 298 g/mol. The van der Waals surface area contributed by atoms with Crippen LogP contribution in [0.5, 0.6) is 5.75 Å². The summed E-state index contributed by atoms with van der Waals surface area (Å²) in [5.74, 6) is 0.0912. The van der Waals surface area contributed by atoms with Crippen molar-refractivity contribution in [2.45, 2.75) is 25.5 Å². The van der Waals surface area contributed by atoms with Crippen molar-refractivity contribution in [2.75, 3.05) is 5.32 Å². The number of carbonyl (C=O) groups is 1. The molecule has 5 heteroatoms. The van der Waals surface area contributed by atoms with Gasteiger partial charge in [-0.25, -0.2) is 0 Å². The van der Waals surface area contributed by atoms with Crippen LogP contribution in [0.15, 0.2) is 48.5 Å². The van der Waals surface area contributed by atoms with Crippen LogP contribution < -0.4 is 10.8 Å². The Morgan fingerprint density at radius 1 is 1.18 bits per heavy atom. The maximum absolute atomic E-state index is 12.2. The lowest BCUT2D eigenvalue weighted by molar-refractivity contribution is -0.119. The van der Waals surface area contributed by atoms with Crippen molar-refractivity contribution in [3.05, 3.63) is 59.7 Å². The molecule has 22 heavy (non-hydrogen) atoms. The number of aromatic hydroxyl groups is 1. The van der Waals surface area contributed by atoms with Gasteiger partial charge in [-0.1, -0.05) is 29.8 Å². The second-order valence-electron chi connectivity index (χ2n) is 5.46. The third-order valence-electron chi connectivity index (χ3n) is 3.70. The lowest BCUT2D eigenvalue weighted by Crippen LogP contribution is -2.34. The minimum absolute atomic E-state index is 0.120. The Kier molecular flexibility index (Phi) is 4.09. The van der Waals surface area contributed by atoms with Gasteiger partial charge in [0.2, 0.25) is 5.91 Å². The first-order valence-corrected chi connectivity index (χ1v) is 7.19. The standard InChI is InChI=1S/C17H18N2O3/c1-11-2-6-13(7-3-11)18-17(21)15-10-16(22-19-15)12-4-8-14(20)9-5-12/h2-9,15-16,19-20H,10H2,1H3,(H,18,21). The Hall–Kier alpha value is -2.37. The van der Waals surface area contributed by atoms with E-state index in [9.17, 15) is 9.90 Å². The normalized spacial score (nSPS) is 20.8. The van der Waals surface area contributed by atoms with E-state index in [0.29, 0.717) is 6.42 Å². The highest BCUT2D eigenvalue weighted by Gasteiger charge is 2.31. The zero-order chi connectivity index (χ0) is 15.5. The summed E-state index contributed by atoms with van der Waals surface area (Å²) >= 11 is 0. The Labute approximate surface area is 128 Å². The molecule has 1 aliphatic heterocycles. The van der Waals surface area contributed by atoms with Gasteiger partial charge in [0, 0.05) is 12.1 Å². The van der Waals surface area contributed by atoms with Gasteiger partial charge in [0.25, 0.3) is 0 Å². The first-order valence-electron chi connectivity index (χ1n) is 7.19. The lowest BCUT2D eigenvalue weighted by atomic mass is 10.0. The molecule has 0 radical (unpaired) electrons. The molecule has 1 heterocycles. The van der Waals surface area contributed by atoms with Crippen LogP contribution in [0.25, 0.3) is 0 Å². The van der Waals surface area contributed by atoms with Crippen molar-refractivity contribution in [1.29, 1.82) is 0 Å². The molecule has 2 aromatic rings. The van der Waals surface area contributed by atoms with Crippen LogP contribution in [0.4, 0.5) is 5.69 Å². The summed E-state index contributed by atoms with van der Waals surface area (Å²) in [5, 5.41) is 12.2. The first-order chi connectivity index (χ1) is 10.6. The van der Waals surface area contributed by atoms with Crippen LogP contribution in [-0.4, -0.2) is 17.1 Å². The summed E-state index contributed by atoms with van der Waals surface area (Å²) in [6, 6.07) is 14.1. The molecule has 1 saturated heterocycles. The first kappa shape index (κ1) is 14.6. The van der Waals surface area contributed by atoms with Crippen LogP contribution in [-0.2, 0) is 9.63 Å². The highest BCUT2D eigenvalue weighted by molar-refractivity contribution is 5.94. The molecule has 5 nitrogen and oxygen atoms in total. The number of phenolic OH excluding ortho intramolecular Hbond substituents is 1. The number of amides is 1. The maximum Gasteiger partial charge on any atom is 0.243 e. The molecule has 0 aromatic heterocycles. The SMILES string of the molecule is Cc1ccc(NC(=O)C2CC(c3ccc(O)cc3)ON2)cc1. The zero-order valence-electron chi connectivity index (χ0n) is 12.2. The van der Waals surface area contributed by atoms with Crippen LogP contribution in [0, 0.1) is 6.92 Å². The summed E-state index contributed by atoms with van der Waals surface area (Å²) in [6.45, 7) is 2.00. The number of hydrogen-bond donors (Lipinski definition) is 3. The van der Waals surface area contributed by atoms with Gasteiger partial charge in [-0.2, -0.15) is 5.48 Å². The average molecular weight is 298 g/mol. The number of aryl methyl sites for hydroxylation is 1. The van der Waals surface area contributed by atoms with Crippen molar-refractivity contribution < 1.29 is 14.7 Å². The predicted molar refractivity (Wildman–Crippen MR) is 83.3 cm³/mol. The fourth-order valence-electron chi connectivity index (χ4n) is 2.39. The number of benzene rings is 2. The smallest absolute Gasteiger partial charge is 0.243 e. The van der Waals surface area contributed by atoms with E-state index in [2.05, 4.69) is 10.8 Å². The van der Waals surface area contributed by atoms with Gasteiger partial charge >= 0.3 is 0 Å². The predicted octanol–water partition coefficient (Wildman–Crippen LogP) is 2.67. The fourth-order valence-corrected chi connectivity index (χ4v) is 2.39. The summed E-state index contributed by atoms with van der Waals surface area (Å²) in [7, 11) is 0. The van der Waals surface area contributed by atoms with E-state index >= 15 is 0 Å². The number of hydroxylamine groups is 1. The molecule has 0 aliphatic carbocycles.